The molecule has 2 rings (SSSR count). The van der Waals surface area contributed by atoms with Gasteiger partial charge in [0.2, 0.25) is 0 Å². The second kappa shape index (κ2) is 7.79. The van der Waals surface area contributed by atoms with Crippen LogP contribution < -0.4 is 16.0 Å². The van der Waals surface area contributed by atoms with Crippen LogP contribution in [0.2, 0.25) is 0 Å². The van der Waals surface area contributed by atoms with E-state index in [0.29, 0.717) is 5.92 Å². The SMILES string of the molecule is CCN(c1ccccc1)[C@@](CC(C)C)(C(N)=O)N1CCNCC1. The molecule has 5 heteroatoms. The third kappa shape index (κ3) is 3.67. The van der Waals surface area contributed by atoms with Crippen LogP contribution in [0.4, 0.5) is 5.69 Å². The van der Waals surface area contributed by atoms with Crippen molar-refractivity contribution in [2.24, 2.45) is 11.7 Å². The van der Waals surface area contributed by atoms with Gasteiger partial charge < -0.3 is 16.0 Å². The van der Waals surface area contributed by atoms with E-state index in [0.717, 1.165) is 44.8 Å². The van der Waals surface area contributed by atoms with Crippen LogP contribution in [-0.2, 0) is 4.79 Å². The molecule has 0 aromatic heterocycles. The molecule has 0 radical (unpaired) electrons. The second-order valence-corrected chi connectivity index (χ2v) is 6.60. The van der Waals surface area contributed by atoms with E-state index in [1.165, 1.54) is 0 Å². The zero-order valence-electron chi connectivity index (χ0n) is 14.6. The van der Waals surface area contributed by atoms with Crippen molar-refractivity contribution >= 4 is 11.6 Å². The minimum absolute atomic E-state index is 0.251. The number of hydrogen-bond acceptors (Lipinski definition) is 4. The lowest BCUT2D eigenvalue weighted by atomic mass is 9.91. The summed E-state index contributed by atoms with van der Waals surface area (Å²) in [5.74, 6) is 0.119. The minimum atomic E-state index is -0.771. The summed E-state index contributed by atoms with van der Waals surface area (Å²) in [4.78, 5) is 17.2. The summed E-state index contributed by atoms with van der Waals surface area (Å²) in [5, 5.41) is 3.36. The number of hydrogen-bond donors (Lipinski definition) is 2. The molecule has 5 nitrogen and oxygen atoms in total. The lowest BCUT2D eigenvalue weighted by Gasteiger charge is -2.51. The predicted molar refractivity (Wildman–Crippen MR) is 95.3 cm³/mol. The topological polar surface area (TPSA) is 61.6 Å². The Morgan fingerprint density at radius 2 is 1.91 bits per heavy atom. The number of carbonyl (C=O) groups is 1. The van der Waals surface area contributed by atoms with Crippen LogP contribution >= 0.6 is 0 Å². The van der Waals surface area contributed by atoms with E-state index in [-0.39, 0.29) is 5.91 Å². The Labute approximate surface area is 139 Å². The molecule has 0 bridgehead atoms. The van der Waals surface area contributed by atoms with Crippen molar-refractivity contribution in [2.75, 3.05) is 37.6 Å². The van der Waals surface area contributed by atoms with Gasteiger partial charge in [0.05, 0.1) is 0 Å². The standard InChI is InChI=1S/C18H30N4O/c1-4-22(16-8-6-5-7-9-16)18(17(19)23,14-15(2)3)21-12-10-20-11-13-21/h5-9,15,20H,4,10-14H2,1-3H3,(H2,19,23)/t18-/m0/s1. The quantitative estimate of drug-likeness (QED) is 0.802. The van der Waals surface area contributed by atoms with Gasteiger partial charge in [-0.25, -0.2) is 0 Å². The van der Waals surface area contributed by atoms with Crippen LogP contribution in [0, 0.1) is 5.92 Å². The van der Waals surface area contributed by atoms with E-state index in [1.807, 2.05) is 18.2 Å². The lowest BCUT2D eigenvalue weighted by Crippen LogP contribution is -2.71. The Bertz CT molecular complexity index is 499. The van der Waals surface area contributed by atoms with E-state index < -0.39 is 5.66 Å². The zero-order chi connectivity index (χ0) is 16.9. The van der Waals surface area contributed by atoms with E-state index in [1.54, 1.807) is 0 Å². The molecule has 0 unspecified atom stereocenters. The normalized spacial score (nSPS) is 18.6. The summed E-state index contributed by atoms with van der Waals surface area (Å²) in [6.07, 6.45) is 0.727. The monoisotopic (exact) mass is 318 g/mol. The molecule has 1 aliphatic heterocycles. The van der Waals surface area contributed by atoms with E-state index in [4.69, 9.17) is 5.73 Å². The molecule has 1 atom stereocenters. The van der Waals surface area contributed by atoms with Gasteiger partial charge in [0.25, 0.3) is 5.91 Å². The molecule has 23 heavy (non-hydrogen) atoms. The second-order valence-electron chi connectivity index (χ2n) is 6.60. The van der Waals surface area contributed by atoms with Crippen LogP contribution in [0.3, 0.4) is 0 Å². The van der Waals surface area contributed by atoms with Crippen LogP contribution in [-0.4, -0.2) is 49.2 Å². The number of likely N-dealkylation sites (N-methyl/N-ethyl adjacent to an activating group) is 1. The van der Waals surface area contributed by atoms with Gasteiger partial charge in [0.1, 0.15) is 0 Å². The summed E-state index contributed by atoms with van der Waals surface area (Å²) in [6, 6.07) is 10.1. The van der Waals surface area contributed by atoms with Crippen molar-refractivity contribution in [3.05, 3.63) is 30.3 Å². The number of nitrogens with two attached hydrogens (primary N) is 1. The van der Waals surface area contributed by atoms with Gasteiger partial charge in [-0.05, 0) is 31.4 Å². The molecule has 0 saturated carbocycles. The highest BCUT2D eigenvalue weighted by Crippen LogP contribution is 2.33. The number of benzene rings is 1. The largest absolute Gasteiger partial charge is 0.366 e. The first kappa shape index (κ1) is 17.8. The molecule has 1 aromatic rings. The highest BCUT2D eigenvalue weighted by Gasteiger charge is 2.48. The Balaban J connectivity index is 2.50. The number of nitrogens with zero attached hydrogens (tertiary/aromatic N) is 2. The number of rotatable bonds is 7. The zero-order valence-corrected chi connectivity index (χ0v) is 14.6. The predicted octanol–water partition coefficient (Wildman–Crippen LogP) is 1.65. The summed E-state index contributed by atoms with van der Waals surface area (Å²) < 4.78 is 0. The number of carbonyl (C=O) groups excluding carboxylic acids is 1. The van der Waals surface area contributed by atoms with Crippen LogP contribution in [0.25, 0.3) is 0 Å². The molecule has 0 aliphatic carbocycles. The Hall–Kier alpha value is -1.59. The molecule has 1 saturated heterocycles. The van der Waals surface area contributed by atoms with Gasteiger partial charge in [-0.1, -0.05) is 32.0 Å². The fourth-order valence-electron chi connectivity index (χ4n) is 3.67. The molecule has 1 heterocycles. The highest BCUT2D eigenvalue weighted by molar-refractivity contribution is 5.88. The Morgan fingerprint density at radius 1 is 1.30 bits per heavy atom. The van der Waals surface area contributed by atoms with Gasteiger partial charge in [0, 0.05) is 38.4 Å². The molecule has 1 amide bonds. The summed E-state index contributed by atoms with van der Waals surface area (Å²) in [5.41, 5.74) is 6.30. The first-order chi connectivity index (χ1) is 11.0. The average Bonchev–Trinajstić information content (AvgIpc) is 2.55. The van der Waals surface area contributed by atoms with Crippen molar-refractivity contribution in [3.8, 4) is 0 Å². The highest BCUT2D eigenvalue weighted by atomic mass is 16.2. The van der Waals surface area contributed by atoms with E-state index in [2.05, 4.69) is 48.0 Å². The van der Waals surface area contributed by atoms with Gasteiger partial charge in [0.15, 0.2) is 5.66 Å². The molecule has 1 fully saturated rings. The average molecular weight is 318 g/mol. The lowest BCUT2D eigenvalue weighted by molar-refractivity contribution is -0.132. The minimum Gasteiger partial charge on any atom is -0.366 e. The van der Waals surface area contributed by atoms with Crippen LogP contribution in [0.5, 0.6) is 0 Å². The maximum Gasteiger partial charge on any atom is 0.258 e. The summed E-state index contributed by atoms with van der Waals surface area (Å²) in [7, 11) is 0. The maximum atomic E-state index is 12.7. The first-order valence-electron chi connectivity index (χ1n) is 8.60. The van der Waals surface area contributed by atoms with Crippen LogP contribution in [0.1, 0.15) is 27.2 Å². The maximum absolute atomic E-state index is 12.7. The van der Waals surface area contributed by atoms with E-state index in [9.17, 15) is 4.79 Å². The Kier molecular flexibility index (Phi) is 6.02. The number of amides is 1. The van der Waals surface area contributed by atoms with Crippen molar-refractivity contribution in [1.29, 1.82) is 0 Å². The molecule has 128 valence electrons. The molecule has 0 spiro atoms. The van der Waals surface area contributed by atoms with Crippen molar-refractivity contribution in [1.82, 2.24) is 10.2 Å². The van der Waals surface area contributed by atoms with Crippen LogP contribution in [0.15, 0.2) is 30.3 Å². The number of nitrogens with one attached hydrogen (secondary N) is 1. The summed E-state index contributed by atoms with van der Waals surface area (Å²) in [6.45, 7) is 10.6. The summed E-state index contributed by atoms with van der Waals surface area (Å²) >= 11 is 0. The fourth-order valence-corrected chi connectivity index (χ4v) is 3.67. The van der Waals surface area contributed by atoms with Crippen molar-refractivity contribution in [2.45, 2.75) is 32.9 Å². The molecular formula is C18H30N4O. The van der Waals surface area contributed by atoms with Gasteiger partial charge >= 0.3 is 0 Å². The number of anilines is 1. The molecule has 1 aromatic carbocycles. The third-order valence-electron chi connectivity index (χ3n) is 4.56. The molecular weight excluding hydrogens is 288 g/mol. The van der Waals surface area contributed by atoms with E-state index >= 15 is 0 Å². The first-order valence-corrected chi connectivity index (χ1v) is 8.60. The number of piperazine rings is 1. The van der Waals surface area contributed by atoms with Crippen molar-refractivity contribution in [3.63, 3.8) is 0 Å². The van der Waals surface area contributed by atoms with Gasteiger partial charge in [-0.3, -0.25) is 9.69 Å². The van der Waals surface area contributed by atoms with Gasteiger partial charge in [-0.15, -0.1) is 0 Å². The third-order valence-corrected chi connectivity index (χ3v) is 4.56. The smallest absolute Gasteiger partial charge is 0.258 e. The molecule has 3 N–H and O–H groups in total. The number of para-hydroxylation sites is 1. The van der Waals surface area contributed by atoms with Gasteiger partial charge in [-0.2, -0.15) is 0 Å². The molecule has 1 aliphatic rings. The van der Waals surface area contributed by atoms with Crippen molar-refractivity contribution < 1.29 is 4.79 Å². The Morgan fingerprint density at radius 3 is 2.39 bits per heavy atom. The number of primary amides is 1. The fraction of sp³-hybridized carbons (Fsp3) is 0.611.